The minimum Gasteiger partial charge on any atom is -0.316 e. The van der Waals surface area contributed by atoms with Crippen LogP contribution in [0.3, 0.4) is 0 Å². The number of halogens is 1. The lowest BCUT2D eigenvalue weighted by Gasteiger charge is -2.31. The van der Waals surface area contributed by atoms with E-state index in [1.165, 1.54) is 48.7 Å². The van der Waals surface area contributed by atoms with Gasteiger partial charge < -0.3 is 5.32 Å². The second-order valence-corrected chi connectivity index (χ2v) is 7.56. The molecule has 2 heteroatoms. The number of nitrogens with one attached hydrogen (secondary N) is 1. The third kappa shape index (κ3) is 3.22. The first-order valence-electron chi connectivity index (χ1n) is 7.66. The zero-order chi connectivity index (χ0) is 13.3. The highest BCUT2D eigenvalue weighted by molar-refractivity contribution is 9.10. The summed E-state index contributed by atoms with van der Waals surface area (Å²) in [6.45, 7) is 4.63. The van der Waals surface area contributed by atoms with Crippen LogP contribution in [0, 0.1) is 17.3 Å². The fourth-order valence-electron chi connectivity index (χ4n) is 3.92. The second-order valence-electron chi connectivity index (χ2n) is 6.64. The van der Waals surface area contributed by atoms with Crippen molar-refractivity contribution >= 4 is 15.9 Å². The van der Waals surface area contributed by atoms with Gasteiger partial charge in [-0.25, -0.2) is 0 Å². The predicted octanol–water partition coefficient (Wildman–Crippen LogP) is 4.41. The number of hydrogen-bond acceptors (Lipinski definition) is 1. The molecule has 0 heterocycles. The summed E-state index contributed by atoms with van der Waals surface area (Å²) in [6, 6.07) is 8.93. The van der Waals surface area contributed by atoms with Crippen LogP contribution >= 0.6 is 15.9 Å². The van der Waals surface area contributed by atoms with Crippen molar-refractivity contribution in [3.63, 3.8) is 0 Å². The Morgan fingerprint density at radius 2 is 1.89 bits per heavy atom. The maximum absolute atomic E-state index is 3.68. The van der Waals surface area contributed by atoms with Crippen LogP contribution in [-0.2, 0) is 6.42 Å². The van der Waals surface area contributed by atoms with E-state index in [1.807, 2.05) is 0 Å². The third-order valence-corrected chi connectivity index (χ3v) is 5.41. The highest BCUT2D eigenvalue weighted by atomic mass is 79.9. The normalized spacial score (nSPS) is 32.3. The molecule has 0 saturated heterocycles. The van der Waals surface area contributed by atoms with Crippen molar-refractivity contribution in [1.29, 1.82) is 0 Å². The van der Waals surface area contributed by atoms with Gasteiger partial charge in [0, 0.05) is 11.0 Å². The van der Waals surface area contributed by atoms with Crippen molar-refractivity contribution in [3.8, 4) is 0 Å². The Balaban J connectivity index is 1.67. The van der Waals surface area contributed by atoms with Gasteiger partial charge in [-0.1, -0.05) is 35.0 Å². The van der Waals surface area contributed by atoms with Crippen molar-refractivity contribution in [1.82, 2.24) is 5.32 Å². The first-order valence-corrected chi connectivity index (χ1v) is 8.45. The highest BCUT2D eigenvalue weighted by Crippen LogP contribution is 2.60. The van der Waals surface area contributed by atoms with Crippen molar-refractivity contribution < 1.29 is 0 Å². The fourth-order valence-corrected chi connectivity index (χ4v) is 4.19. The smallest absolute Gasteiger partial charge is 0.0175 e. The maximum atomic E-state index is 3.68. The number of fused-ring (bicyclic) bond motifs is 1. The maximum Gasteiger partial charge on any atom is 0.0175 e. The summed E-state index contributed by atoms with van der Waals surface area (Å²) in [5.41, 5.74) is 2.04. The average Bonchev–Trinajstić information content (AvgIpc) is 3.01. The molecule has 104 valence electrons. The van der Waals surface area contributed by atoms with Gasteiger partial charge in [0.1, 0.15) is 0 Å². The summed E-state index contributed by atoms with van der Waals surface area (Å²) in [7, 11) is 0. The van der Waals surface area contributed by atoms with Gasteiger partial charge >= 0.3 is 0 Å². The van der Waals surface area contributed by atoms with Crippen LogP contribution in [0.1, 0.15) is 38.2 Å². The predicted molar refractivity (Wildman–Crippen MR) is 84.3 cm³/mol. The van der Waals surface area contributed by atoms with Crippen molar-refractivity contribution in [3.05, 3.63) is 34.3 Å². The van der Waals surface area contributed by atoms with Crippen LogP contribution in [0.4, 0.5) is 0 Å². The topological polar surface area (TPSA) is 12.0 Å². The minimum atomic E-state index is 0.538. The van der Waals surface area contributed by atoms with E-state index in [2.05, 4.69) is 52.4 Å². The lowest BCUT2D eigenvalue weighted by atomic mass is 9.77. The van der Waals surface area contributed by atoms with Crippen LogP contribution < -0.4 is 5.32 Å². The molecule has 3 rings (SSSR count). The Hall–Kier alpha value is -0.340. The molecule has 1 N–H and O–H groups in total. The molecular formula is C17H24BrN. The van der Waals surface area contributed by atoms with Crippen LogP contribution in [-0.4, -0.2) is 13.1 Å². The zero-order valence-electron chi connectivity index (χ0n) is 11.8. The molecule has 2 fully saturated rings. The van der Waals surface area contributed by atoms with E-state index in [9.17, 15) is 0 Å². The monoisotopic (exact) mass is 321 g/mol. The highest BCUT2D eigenvalue weighted by Gasteiger charge is 2.53. The first-order chi connectivity index (χ1) is 9.21. The summed E-state index contributed by atoms with van der Waals surface area (Å²) in [5, 5.41) is 3.68. The molecule has 1 aromatic rings. The van der Waals surface area contributed by atoms with E-state index in [0.717, 1.165) is 18.4 Å². The fraction of sp³-hybridized carbons (Fsp3) is 0.647. The molecule has 2 aliphatic rings. The van der Waals surface area contributed by atoms with Gasteiger partial charge in [-0.3, -0.25) is 0 Å². The van der Waals surface area contributed by atoms with Gasteiger partial charge in [-0.15, -0.1) is 0 Å². The number of rotatable bonds is 6. The number of benzene rings is 1. The van der Waals surface area contributed by atoms with Crippen LogP contribution in [0.2, 0.25) is 0 Å². The first kappa shape index (κ1) is 13.6. The summed E-state index contributed by atoms with van der Waals surface area (Å²) in [5.74, 6) is 2.11. The Morgan fingerprint density at radius 1 is 1.21 bits per heavy atom. The molecule has 2 aliphatic carbocycles. The molecule has 1 aromatic carbocycles. The second kappa shape index (κ2) is 5.57. The molecule has 0 bridgehead atoms. The van der Waals surface area contributed by atoms with Crippen molar-refractivity contribution in [2.75, 3.05) is 13.1 Å². The molecule has 0 aromatic heterocycles. The van der Waals surface area contributed by atoms with E-state index >= 15 is 0 Å². The summed E-state index contributed by atoms with van der Waals surface area (Å²) in [6.07, 6.45) is 6.90. The van der Waals surface area contributed by atoms with Crippen LogP contribution in [0.15, 0.2) is 28.7 Å². The molecule has 19 heavy (non-hydrogen) atoms. The lowest BCUT2D eigenvalue weighted by molar-refractivity contribution is 0.249. The summed E-state index contributed by atoms with van der Waals surface area (Å²) >= 11 is 3.53. The van der Waals surface area contributed by atoms with E-state index in [4.69, 9.17) is 0 Å². The van der Waals surface area contributed by atoms with E-state index < -0.39 is 0 Å². The van der Waals surface area contributed by atoms with Gasteiger partial charge in [0.2, 0.25) is 0 Å². The van der Waals surface area contributed by atoms with Gasteiger partial charge in [0.15, 0.2) is 0 Å². The molecule has 0 aliphatic heterocycles. The molecular weight excluding hydrogens is 298 g/mol. The molecule has 0 amide bonds. The summed E-state index contributed by atoms with van der Waals surface area (Å²) in [4.78, 5) is 0. The average molecular weight is 322 g/mol. The van der Waals surface area contributed by atoms with Crippen LogP contribution in [0.5, 0.6) is 0 Å². The standard InChI is InChI=1S/C17H24BrN/c1-2-7-19-12-17(10-14-8-15(14)11-17)9-13-3-5-16(18)6-4-13/h3-6,14-15,19H,2,7-12H2,1H3. The molecule has 0 spiro atoms. The summed E-state index contributed by atoms with van der Waals surface area (Å²) < 4.78 is 1.18. The van der Waals surface area contributed by atoms with Gasteiger partial charge in [-0.05, 0) is 73.6 Å². The largest absolute Gasteiger partial charge is 0.316 e. The van der Waals surface area contributed by atoms with E-state index in [-0.39, 0.29) is 0 Å². The van der Waals surface area contributed by atoms with Crippen molar-refractivity contribution in [2.24, 2.45) is 17.3 Å². The van der Waals surface area contributed by atoms with E-state index in [1.54, 1.807) is 0 Å². The quantitative estimate of drug-likeness (QED) is 0.765. The molecule has 2 unspecified atom stereocenters. The Labute approximate surface area is 125 Å². The minimum absolute atomic E-state index is 0.538. The molecule has 2 saturated carbocycles. The Morgan fingerprint density at radius 3 is 2.53 bits per heavy atom. The van der Waals surface area contributed by atoms with Gasteiger partial charge in [0.05, 0.1) is 0 Å². The van der Waals surface area contributed by atoms with Gasteiger partial charge in [-0.2, -0.15) is 0 Å². The third-order valence-electron chi connectivity index (χ3n) is 4.88. The molecule has 2 atom stereocenters. The van der Waals surface area contributed by atoms with E-state index in [0.29, 0.717) is 5.41 Å². The Bertz CT molecular complexity index is 415. The van der Waals surface area contributed by atoms with Crippen molar-refractivity contribution in [2.45, 2.75) is 39.0 Å². The van der Waals surface area contributed by atoms with Gasteiger partial charge in [0.25, 0.3) is 0 Å². The Kier molecular flexibility index (Phi) is 4.00. The molecule has 0 radical (unpaired) electrons. The zero-order valence-corrected chi connectivity index (χ0v) is 13.4. The number of hydrogen-bond donors (Lipinski definition) is 1. The SMILES string of the molecule is CCCNCC1(Cc2ccc(Br)cc2)CC2CC2C1. The lowest BCUT2D eigenvalue weighted by Crippen LogP contribution is -2.35. The van der Waals surface area contributed by atoms with Crippen LogP contribution in [0.25, 0.3) is 0 Å². The molecule has 1 nitrogen and oxygen atoms in total.